The summed E-state index contributed by atoms with van der Waals surface area (Å²) in [4.78, 5) is 29.7. The first-order valence-corrected chi connectivity index (χ1v) is 7.79. The standard InChI is InChI=1S/C14H22N2O5S/c1-5-20-12(18)11-15-8-10(22-11)9-16(6-7-17)13(19)21-14(2,3)4/h8,17H,5-7,9H2,1-4H3. The SMILES string of the molecule is CCOC(=O)c1ncc(CN(CCO)C(=O)OC(C)(C)C)s1. The van der Waals surface area contributed by atoms with Crippen molar-refractivity contribution < 1.29 is 24.2 Å². The molecule has 0 aromatic carbocycles. The van der Waals surface area contributed by atoms with E-state index in [4.69, 9.17) is 14.6 Å². The van der Waals surface area contributed by atoms with Crippen LogP contribution in [0.15, 0.2) is 6.20 Å². The zero-order valence-electron chi connectivity index (χ0n) is 13.3. The second-order valence-electron chi connectivity index (χ2n) is 5.48. The molecular formula is C14H22N2O5S. The maximum absolute atomic E-state index is 12.1. The first-order chi connectivity index (χ1) is 10.3. The first kappa shape index (κ1) is 18.4. The van der Waals surface area contributed by atoms with Gasteiger partial charge in [-0.15, -0.1) is 11.3 Å². The number of thiazole rings is 1. The number of carbonyl (C=O) groups excluding carboxylic acids is 2. The summed E-state index contributed by atoms with van der Waals surface area (Å²) in [5.74, 6) is -0.482. The molecule has 0 aliphatic carbocycles. The minimum absolute atomic E-state index is 0.140. The molecule has 124 valence electrons. The van der Waals surface area contributed by atoms with Gasteiger partial charge in [-0.25, -0.2) is 14.6 Å². The molecule has 0 saturated heterocycles. The zero-order chi connectivity index (χ0) is 16.8. The van der Waals surface area contributed by atoms with E-state index in [0.29, 0.717) is 4.88 Å². The summed E-state index contributed by atoms with van der Waals surface area (Å²) in [7, 11) is 0. The number of esters is 1. The molecule has 0 unspecified atom stereocenters. The molecule has 1 aromatic heterocycles. The Morgan fingerprint density at radius 2 is 2.09 bits per heavy atom. The molecule has 0 saturated carbocycles. The van der Waals surface area contributed by atoms with E-state index in [9.17, 15) is 9.59 Å². The lowest BCUT2D eigenvalue weighted by molar-refractivity contribution is 0.0203. The van der Waals surface area contributed by atoms with E-state index in [1.807, 2.05) is 0 Å². The Bertz CT molecular complexity index is 510. The van der Waals surface area contributed by atoms with E-state index in [1.165, 1.54) is 11.1 Å². The van der Waals surface area contributed by atoms with Crippen molar-refractivity contribution in [2.45, 2.75) is 39.8 Å². The smallest absolute Gasteiger partial charge is 0.410 e. The van der Waals surface area contributed by atoms with Crippen LogP contribution in [0.3, 0.4) is 0 Å². The normalized spacial score (nSPS) is 11.1. The molecule has 1 N–H and O–H groups in total. The minimum atomic E-state index is -0.616. The van der Waals surface area contributed by atoms with Crippen molar-refractivity contribution in [3.63, 3.8) is 0 Å². The van der Waals surface area contributed by atoms with E-state index < -0.39 is 17.7 Å². The molecule has 0 fully saturated rings. The van der Waals surface area contributed by atoms with Crippen LogP contribution in [0, 0.1) is 0 Å². The maximum Gasteiger partial charge on any atom is 0.410 e. The fraction of sp³-hybridized carbons (Fsp3) is 0.643. The van der Waals surface area contributed by atoms with Crippen molar-refractivity contribution in [3.8, 4) is 0 Å². The van der Waals surface area contributed by atoms with Crippen LogP contribution in [0.25, 0.3) is 0 Å². The molecule has 0 aliphatic rings. The number of amides is 1. The second kappa shape index (κ2) is 8.09. The van der Waals surface area contributed by atoms with Gasteiger partial charge < -0.3 is 19.5 Å². The summed E-state index contributed by atoms with van der Waals surface area (Å²) in [6.45, 7) is 7.49. The summed E-state index contributed by atoms with van der Waals surface area (Å²) >= 11 is 1.15. The Morgan fingerprint density at radius 1 is 1.41 bits per heavy atom. The molecule has 1 rings (SSSR count). The van der Waals surface area contributed by atoms with Crippen LogP contribution in [-0.2, 0) is 16.0 Å². The summed E-state index contributed by atoms with van der Waals surface area (Å²) in [5.41, 5.74) is -0.616. The fourth-order valence-electron chi connectivity index (χ4n) is 1.54. The van der Waals surface area contributed by atoms with Crippen molar-refractivity contribution in [3.05, 3.63) is 16.1 Å². The highest BCUT2D eigenvalue weighted by molar-refractivity contribution is 7.13. The molecule has 0 bridgehead atoms. The van der Waals surface area contributed by atoms with Gasteiger partial charge in [0.05, 0.1) is 19.8 Å². The fourth-order valence-corrected chi connectivity index (χ4v) is 2.36. The number of aromatic nitrogens is 1. The third-order valence-corrected chi connectivity index (χ3v) is 3.33. The highest BCUT2D eigenvalue weighted by atomic mass is 32.1. The Hall–Kier alpha value is -1.67. The van der Waals surface area contributed by atoms with E-state index in [-0.39, 0.29) is 31.3 Å². The summed E-state index contributed by atoms with van der Waals surface area (Å²) < 4.78 is 10.2. The molecular weight excluding hydrogens is 308 g/mol. The Kier molecular flexibility index (Phi) is 6.76. The van der Waals surface area contributed by atoms with Gasteiger partial charge in [-0.1, -0.05) is 0 Å². The van der Waals surface area contributed by atoms with Gasteiger partial charge in [0.2, 0.25) is 5.01 Å². The Balaban J connectivity index is 2.75. The van der Waals surface area contributed by atoms with Crippen LogP contribution < -0.4 is 0 Å². The average Bonchev–Trinajstić information content (AvgIpc) is 2.85. The van der Waals surface area contributed by atoms with Crippen molar-refractivity contribution in [2.75, 3.05) is 19.8 Å². The van der Waals surface area contributed by atoms with Crippen molar-refractivity contribution in [1.82, 2.24) is 9.88 Å². The molecule has 0 atom stereocenters. The van der Waals surface area contributed by atoms with Crippen LogP contribution in [0.5, 0.6) is 0 Å². The Morgan fingerprint density at radius 3 is 2.64 bits per heavy atom. The van der Waals surface area contributed by atoms with E-state index in [2.05, 4.69) is 4.98 Å². The quantitative estimate of drug-likeness (QED) is 0.803. The van der Waals surface area contributed by atoms with Gasteiger partial charge in [-0.2, -0.15) is 0 Å². The average molecular weight is 330 g/mol. The third-order valence-electron chi connectivity index (χ3n) is 2.37. The predicted octanol–water partition coefficient (Wildman–Crippen LogP) is 2.05. The van der Waals surface area contributed by atoms with Crippen LogP contribution in [0.1, 0.15) is 42.4 Å². The summed E-state index contributed by atoms with van der Waals surface area (Å²) in [6.07, 6.45) is 0.999. The van der Waals surface area contributed by atoms with Crippen LogP contribution in [0.2, 0.25) is 0 Å². The molecule has 1 heterocycles. The van der Waals surface area contributed by atoms with Crippen LogP contribution >= 0.6 is 11.3 Å². The van der Waals surface area contributed by atoms with Gasteiger partial charge in [-0.3, -0.25) is 0 Å². The second-order valence-corrected chi connectivity index (χ2v) is 6.59. The Labute approximate surface area is 133 Å². The molecule has 0 aliphatic heterocycles. The molecule has 7 nitrogen and oxygen atoms in total. The molecule has 1 amide bonds. The van der Waals surface area contributed by atoms with Gasteiger partial charge in [-0.05, 0) is 27.7 Å². The predicted molar refractivity (Wildman–Crippen MR) is 81.8 cm³/mol. The van der Waals surface area contributed by atoms with Gasteiger partial charge in [0.25, 0.3) is 0 Å². The largest absolute Gasteiger partial charge is 0.461 e. The highest BCUT2D eigenvalue weighted by Gasteiger charge is 2.23. The topological polar surface area (TPSA) is 89.0 Å². The van der Waals surface area contributed by atoms with Gasteiger partial charge >= 0.3 is 12.1 Å². The lowest BCUT2D eigenvalue weighted by Crippen LogP contribution is -2.37. The highest BCUT2D eigenvalue weighted by Crippen LogP contribution is 2.18. The number of carbonyl (C=O) groups is 2. The van der Waals surface area contributed by atoms with Crippen molar-refractivity contribution >= 4 is 23.4 Å². The lowest BCUT2D eigenvalue weighted by Gasteiger charge is -2.26. The number of aliphatic hydroxyl groups is 1. The first-order valence-electron chi connectivity index (χ1n) is 6.97. The van der Waals surface area contributed by atoms with E-state index in [0.717, 1.165) is 11.3 Å². The number of ether oxygens (including phenoxy) is 2. The molecule has 0 radical (unpaired) electrons. The molecule has 0 spiro atoms. The molecule has 8 heteroatoms. The lowest BCUT2D eigenvalue weighted by atomic mass is 10.2. The van der Waals surface area contributed by atoms with Gasteiger partial charge in [0.1, 0.15) is 5.60 Å². The third kappa shape index (κ3) is 5.98. The number of rotatable bonds is 6. The molecule has 1 aromatic rings. The number of aliphatic hydroxyl groups excluding tert-OH is 1. The molecule has 22 heavy (non-hydrogen) atoms. The van der Waals surface area contributed by atoms with Crippen LogP contribution in [-0.4, -0.2) is 52.4 Å². The minimum Gasteiger partial charge on any atom is -0.461 e. The monoisotopic (exact) mass is 330 g/mol. The van der Waals surface area contributed by atoms with E-state index >= 15 is 0 Å². The van der Waals surface area contributed by atoms with Crippen molar-refractivity contribution in [1.29, 1.82) is 0 Å². The number of hydrogen-bond acceptors (Lipinski definition) is 7. The number of nitrogens with zero attached hydrogens (tertiary/aromatic N) is 2. The zero-order valence-corrected chi connectivity index (χ0v) is 14.1. The summed E-state index contributed by atoms with van der Waals surface area (Å²) in [5, 5.41) is 9.33. The number of hydrogen-bond donors (Lipinski definition) is 1. The van der Waals surface area contributed by atoms with Crippen molar-refractivity contribution in [2.24, 2.45) is 0 Å². The summed E-state index contributed by atoms with van der Waals surface area (Å²) in [6, 6.07) is 0. The van der Waals surface area contributed by atoms with Gasteiger partial charge in [0, 0.05) is 17.6 Å². The van der Waals surface area contributed by atoms with Crippen LogP contribution in [0.4, 0.5) is 4.79 Å². The van der Waals surface area contributed by atoms with E-state index in [1.54, 1.807) is 27.7 Å². The van der Waals surface area contributed by atoms with Gasteiger partial charge in [0.15, 0.2) is 0 Å². The maximum atomic E-state index is 12.1.